The second kappa shape index (κ2) is 10.6. The topological polar surface area (TPSA) is 81.8 Å². The molecule has 3 amide bonds. The number of hydrogen-bond acceptors (Lipinski definition) is 5. The predicted octanol–water partition coefficient (Wildman–Crippen LogP) is 3.42. The summed E-state index contributed by atoms with van der Waals surface area (Å²) in [6.07, 6.45) is 1.42. The van der Waals surface area contributed by atoms with Crippen molar-refractivity contribution in [2.75, 3.05) is 39.3 Å². The molecule has 2 saturated heterocycles. The summed E-state index contributed by atoms with van der Waals surface area (Å²) in [5.41, 5.74) is -1.22. The molecule has 1 aromatic carbocycles. The van der Waals surface area contributed by atoms with E-state index < -0.39 is 17.3 Å². The molecule has 0 unspecified atom stereocenters. The maximum atomic E-state index is 14.0. The predicted molar refractivity (Wildman–Crippen MR) is 130 cm³/mol. The second-order valence-electron chi connectivity index (χ2n) is 8.45. The Kier molecular flexibility index (Phi) is 7.77. The van der Waals surface area contributed by atoms with E-state index in [1.807, 2.05) is 11.4 Å². The summed E-state index contributed by atoms with van der Waals surface area (Å²) >= 11 is 13.3. The number of amides is 3. The minimum Gasteiger partial charge on any atom is -0.339 e. The molecular weight excluding hydrogens is 502 g/mol. The van der Waals surface area contributed by atoms with Gasteiger partial charge in [-0.1, -0.05) is 29.3 Å². The first kappa shape index (κ1) is 24.9. The van der Waals surface area contributed by atoms with Crippen LogP contribution in [0.25, 0.3) is 0 Å². The third-order valence-electron chi connectivity index (χ3n) is 6.28. The number of thiophene rings is 1. The Labute approximate surface area is 211 Å². The van der Waals surface area contributed by atoms with Crippen molar-refractivity contribution in [2.24, 2.45) is 0 Å². The van der Waals surface area contributed by atoms with Crippen LogP contribution in [-0.4, -0.2) is 72.3 Å². The van der Waals surface area contributed by atoms with Crippen LogP contribution in [0.15, 0.2) is 29.6 Å². The van der Waals surface area contributed by atoms with Crippen molar-refractivity contribution < 1.29 is 18.8 Å². The minimum atomic E-state index is -1.14. The van der Waals surface area contributed by atoms with Crippen molar-refractivity contribution in [1.82, 2.24) is 20.4 Å². The lowest BCUT2D eigenvalue weighted by Crippen LogP contribution is -2.63. The van der Waals surface area contributed by atoms with Gasteiger partial charge in [-0.25, -0.2) is 4.39 Å². The van der Waals surface area contributed by atoms with Gasteiger partial charge in [-0.05, 0) is 55.9 Å². The third kappa shape index (κ3) is 5.22. The van der Waals surface area contributed by atoms with Gasteiger partial charge < -0.3 is 20.4 Å². The molecule has 2 aromatic rings. The Balaban J connectivity index is 1.51. The molecule has 2 N–H and O–H groups in total. The zero-order valence-corrected chi connectivity index (χ0v) is 20.7. The largest absolute Gasteiger partial charge is 0.339 e. The van der Waals surface area contributed by atoms with Crippen LogP contribution in [0.5, 0.6) is 0 Å². The molecule has 1 aromatic heterocycles. The molecule has 0 radical (unpaired) electrons. The number of carbonyl (C=O) groups excluding carboxylic acids is 3. The average molecular weight is 527 g/mol. The first-order valence-electron chi connectivity index (χ1n) is 11.1. The van der Waals surface area contributed by atoms with Crippen molar-refractivity contribution in [3.8, 4) is 0 Å². The molecule has 7 nitrogen and oxygen atoms in total. The van der Waals surface area contributed by atoms with E-state index in [2.05, 4.69) is 10.6 Å². The fourth-order valence-electron chi connectivity index (χ4n) is 4.41. The molecular formula is C23H25Cl2FN4O3S. The van der Waals surface area contributed by atoms with E-state index in [9.17, 15) is 18.8 Å². The SMILES string of the molecule is O=C(NC1(C(=O)N2CCCN(C(=O)c3cccs3)CC2)CCNCC1)c1cc(F)c(Cl)cc1Cl. The second-order valence-corrected chi connectivity index (χ2v) is 10.2. The van der Waals surface area contributed by atoms with Crippen LogP contribution < -0.4 is 10.6 Å². The maximum absolute atomic E-state index is 14.0. The van der Waals surface area contributed by atoms with E-state index in [-0.39, 0.29) is 27.4 Å². The van der Waals surface area contributed by atoms with Crippen molar-refractivity contribution in [3.63, 3.8) is 0 Å². The van der Waals surface area contributed by atoms with Gasteiger partial charge in [-0.15, -0.1) is 11.3 Å². The summed E-state index contributed by atoms with van der Waals surface area (Å²) in [7, 11) is 0. The molecule has 2 aliphatic heterocycles. The highest BCUT2D eigenvalue weighted by Crippen LogP contribution is 2.27. The number of nitrogens with one attached hydrogen (secondary N) is 2. The Morgan fingerprint density at radius 2 is 1.74 bits per heavy atom. The van der Waals surface area contributed by atoms with Crippen LogP contribution in [0.4, 0.5) is 4.39 Å². The Bertz CT molecular complexity index is 1080. The number of rotatable bonds is 4. The number of piperidine rings is 1. The average Bonchev–Trinajstić information content (AvgIpc) is 3.26. The van der Waals surface area contributed by atoms with Gasteiger partial charge in [0, 0.05) is 26.2 Å². The molecule has 4 rings (SSSR count). The first-order chi connectivity index (χ1) is 16.3. The van der Waals surface area contributed by atoms with E-state index in [1.165, 1.54) is 17.4 Å². The molecule has 0 atom stereocenters. The van der Waals surface area contributed by atoms with Gasteiger partial charge in [-0.3, -0.25) is 14.4 Å². The van der Waals surface area contributed by atoms with Gasteiger partial charge >= 0.3 is 0 Å². The summed E-state index contributed by atoms with van der Waals surface area (Å²) in [5.74, 6) is -1.61. The number of halogens is 3. The van der Waals surface area contributed by atoms with E-state index in [4.69, 9.17) is 23.2 Å². The monoisotopic (exact) mass is 526 g/mol. The minimum absolute atomic E-state index is 0.0120. The van der Waals surface area contributed by atoms with Gasteiger partial charge in [0.25, 0.3) is 11.8 Å². The van der Waals surface area contributed by atoms with Crippen LogP contribution in [0.1, 0.15) is 39.3 Å². The highest BCUT2D eigenvalue weighted by atomic mass is 35.5. The zero-order valence-electron chi connectivity index (χ0n) is 18.4. The fourth-order valence-corrected chi connectivity index (χ4v) is 5.57. The van der Waals surface area contributed by atoms with E-state index in [0.717, 1.165) is 6.07 Å². The van der Waals surface area contributed by atoms with Gasteiger partial charge in [0.2, 0.25) is 5.91 Å². The van der Waals surface area contributed by atoms with Crippen LogP contribution >= 0.6 is 34.5 Å². The lowest BCUT2D eigenvalue weighted by Gasteiger charge is -2.40. The normalized spacial score (nSPS) is 18.3. The van der Waals surface area contributed by atoms with E-state index >= 15 is 0 Å². The summed E-state index contributed by atoms with van der Waals surface area (Å²) in [4.78, 5) is 43.8. The fraction of sp³-hybridized carbons (Fsp3) is 0.435. The molecule has 0 spiro atoms. The Morgan fingerprint density at radius 1 is 1.03 bits per heavy atom. The van der Waals surface area contributed by atoms with Crippen molar-refractivity contribution in [3.05, 3.63) is 55.9 Å². The third-order valence-corrected chi connectivity index (χ3v) is 7.74. The van der Waals surface area contributed by atoms with Crippen molar-refractivity contribution >= 4 is 52.3 Å². The quantitative estimate of drug-likeness (QED) is 0.598. The number of hydrogen-bond donors (Lipinski definition) is 2. The highest BCUT2D eigenvalue weighted by molar-refractivity contribution is 7.12. The molecule has 34 heavy (non-hydrogen) atoms. The zero-order chi connectivity index (χ0) is 24.3. The van der Waals surface area contributed by atoms with Crippen LogP contribution in [-0.2, 0) is 4.79 Å². The number of nitrogens with zero attached hydrogens (tertiary/aromatic N) is 2. The summed E-state index contributed by atoms with van der Waals surface area (Å²) < 4.78 is 14.0. The van der Waals surface area contributed by atoms with Crippen LogP contribution in [0, 0.1) is 5.82 Å². The van der Waals surface area contributed by atoms with Gasteiger partial charge in [0.1, 0.15) is 11.4 Å². The van der Waals surface area contributed by atoms with Gasteiger partial charge in [0.15, 0.2) is 0 Å². The first-order valence-corrected chi connectivity index (χ1v) is 12.7. The number of benzene rings is 1. The Hall–Kier alpha value is -2.20. The van der Waals surface area contributed by atoms with Crippen LogP contribution in [0.3, 0.4) is 0 Å². The molecule has 3 heterocycles. The summed E-state index contributed by atoms with van der Waals surface area (Å²) in [6, 6.07) is 5.80. The molecule has 182 valence electrons. The Morgan fingerprint density at radius 3 is 2.44 bits per heavy atom. The van der Waals surface area contributed by atoms with E-state index in [1.54, 1.807) is 15.9 Å². The maximum Gasteiger partial charge on any atom is 0.263 e. The number of carbonyl (C=O) groups is 3. The molecule has 11 heteroatoms. The van der Waals surface area contributed by atoms with Crippen molar-refractivity contribution in [2.45, 2.75) is 24.8 Å². The van der Waals surface area contributed by atoms with Gasteiger partial charge in [0.05, 0.1) is 20.5 Å². The molecule has 0 aliphatic carbocycles. The summed E-state index contributed by atoms with van der Waals surface area (Å²) in [6.45, 7) is 2.92. The van der Waals surface area contributed by atoms with E-state index in [0.29, 0.717) is 63.4 Å². The molecule has 2 aliphatic rings. The summed E-state index contributed by atoms with van der Waals surface area (Å²) in [5, 5.41) is 7.77. The van der Waals surface area contributed by atoms with Crippen LogP contribution in [0.2, 0.25) is 10.0 Å². The van der Waals surface area contributed by atoms with Gasteiger partial charge in [-0.2, -0.15) is 0 Å². The molecule has 0 saturated carbocycles. The molecule has 2 fully saturated rings. The lowest BCUT2D eigenvalue weighted by molar-refractivity contribution is -0.139. The van der Waals surface area contributed by atoms with Crippen molar-refractivity contribution in [1.29, 1.82) is 0 Å². The standard InChI is InChI=1S/C23H25Cl2FN4O3S/c24-16-14-17(25)18(26)13-15(16)20(31)28-23(4-6-27-7-5-23)22(33)30-9-2-8-29(10-11-30)21(32)19-3-1-12-34-19/h1,3,12-14,27H,2,4-11H2,(H,28,31). The lowest BCUT2D eigenvalue weighted by atomic mass is 9.86. The molecule has 0 bridgehead atoms. The smallest absolute Gasteiger partial charge is 0.263 e. The highest BCUT2D eigenvalue weighted by Gasteiger charge is 2.44.